The summed E-state index contributed by atoms with van der Waals surface area (Å²) in [6.07, 6.45) is 1.94. The van der Waals surface area contributed by atoms with Gasteiger partial charge >= 0.3 is 0 Å². The third kappa shape index (κ3) is 3.35. The van der Waals surface area contributed by atoms with Crippen LogP contribution in [0.4, 0.5) is 0 Å². The highest BCUT2D eigenvalue weighted by Gasteiger charge is 2.23. The number of ether oxygens (including phenoxy) is 1. The van der Waals surface area contributed by atoms with Crippen molar-refractivity contribution in [1.82, 2.24) is 4.90 Å². The lowest BCUT2D eigenvalue weighted by atomic mass is 10.1. The first-order valence-corrected chi connectivity index (χ1v) is 6.62. The quantitative estimate of drug-likeness (QED) is 0.787. The number of nitrogens with one attached hydrogen (secondary N) is 1. The molecule has 1 fully saturated rings. The molecule has 4 nitrogen and oxygen atoms in total. The maximum Gasteiger partial charge on any atom is 0.254 e. The Balaban J connectivity index is 1.98. The van der Waals surface area contributed by atoms with Crippen LogP contribution in [0.5, 0.6) is 5.75 Å². The van der Waals surface area contributed by atoms with Gasteiger partial charge in [-0.2, -0.15) is 0 Å². The van der Waals surface area contributed by atoms with Gasteiger partial charge < -0.3 is 14.5 Å². The summed E-state index contributed by atoms with van der Waals surface area (Å²) in [5.74, 6) is 0.818. The van der Waals surface area contributed by atoms with Crippen LogP contribution in [0.3, 0.4) is 0 Å². The van der Waals surface area contributed by atoms with Crippen molar-refractivity contribution in [2.45, 2.75) is 0 Å². The van der Waals surface area contributed by atoms with E-state index in [0.717, 1.165) is 38.5 Å². The molecular weight excluding hydrogens is 240 g/mol. The van der Waals surface area contributed by atoms with E-state index in [9.17, 15) is 4.79 Å². The maximum absolute atomic E-state index is 12.4. The van der Waals surface area contributed by atoms with Gasteiger partial charge in [0.25, 0.3) is 5.91 Å². The summed E-state index contributed by atoms with van der Waals surface area (Å²) in [5, 5.41) is 0. The summed E-state index contributed by atoms with van der Waals surface area (Å²) in [6.45, 7) is 8.32. The number of rotatable bonds is 4. The summed E-state index contributed by atoms with van der Waals surface area (Å²) in [6, 6.07) is 7.34. The van der Waals surface area contributed by atoms with Gasteiger partial charge in [-0.15, -0.1) is 0 Å². The third-order valence-corrected chi connectivity index (χ3v) is 3.51. The Kier molecular flexibility index (Phi) is 4.58. The predicted molar refractivity (Wildman–Crippen MR) is 74.7 cm³/mol. The van der Waals surface area contributed by atoms with Gasteiger partial charge in [0, 0.05) is 5.56 Å². The van der Waals surface area contributed by atoms with Gasteiger partial charge in [0.15, 0.2) is 0 Å². The van der Waals surface area contributed by atoms with Gasteiger partial charge in [-0.3, -0.25) is 4.79 Å². The number of methoxy groups -OCH3 is 1. The molecule has 1 N–H and O–H groups in total. The van der Waals surface area contributed by atoms with E-state index in [4.69, 9.17) is 4.74 Å². The van der Waals surface area contributed by atoms with Crippen LogP contribution in [0.15, 0.2) is 36.9 Å². The Morgan fingerprint density at radius 1 is 1.47 bits per heavy atom. The lowest BCUT2D eigenvalue weighted by Gasteiger charge is -2.31. The van der Waals surface area contributed by atoms with Gasteiger partial charge in [0.2, 0.25) is 0 Å². The molecule has 0 unspecified atom stereocenters. The average Bonchev–Trinajstić information content (AvgIpc) is 2.48. The van der Waals surface area contributed by atoms with Crippen LogP contribution in [0.25, 0.3) is 0 Å². The molecule has 0 saturated carbocycles. The Hall–Kier alpha value is -1.81. The summed E-state index contributed by atoms with van der Waals surface area (Å²) >= 11 is 0. The number of hydrogen-bond acceptors (Lipinski definition) is 2. The van der Waals surface area contributed by atoms with Crippen LogP contribution in [-0.4, -0.2) is 50.6 Å². The number of carbonyl (C=O) groups excluding carboxylic acids is 1. The molecule has 0 bridgehead atoms. The number of piperazine rings is 1. The van der Waals surface area contributed by atoms with E-state index in [1.807, 2.05) is 29.2 Å². The van der Waals surface area contributed by atoms with Crippen molar-refractivity contribution in [3.8, 4) is 5.75 Å². The maximum atomic E-state index is 12.4. The van der Waals surface area contributed by atoms with Gasteiger partial charge in [0.1, 0.15) is 5.75 Å². The first kappa shape index (κ1) is 13.6. The van der Waals surface area contributed by atoms with E-state index < -0.39 is 0 Å². The van der Waals surface area contributed by atoms with Crippen molar-refractivity contribution in [3.05, 3.63) is 42.5 Å². The van der Waals surface area contributed by atoms with Gasteiger partial charge in [-0.25, -0.2) is 0 Å². The Morgan fingerprint density at radius 2 is 2.21 bits per heavy atom. The van der Waals surface area contributed by atoms with Crippen LogP contribution in [0.1, 0.15) is 10.4 Å². The number of quaternary nitrogens is 1. The Labute approximate surface area is 114 Å². The summed E-state index contributed by atoms with van der Waals surface area (Å²) in [5.41, 5.74) is 0.700. The molecule has 0 aliphatic carbocycles. The zero-order chi connectivity index (χ0) is 13.7. The minimum absolute atomic E-state index is 0.0940. The van der Waals surface area contributed by atoms with Crippen LogP contribution in [0, 0.1) is 0 Å². The molecule has 2 rings (SSSR count). The molecule has 1 aromatic carbocycles. The largest absolute Gasteiger partial charge is 0.497 e. The molecule has 1 aliphatic rings. The van der Waals surface area contributed by atoms with Crippen LogP contribution >= 0.6 is 0 Å². The lowest BCUT2D eigenvalue weighted by Crippen LogP contribution is -3.14. The molecular formula is C15H21N2O2+. The topological polar surface area (TPSA) is 34.0 Å². The molecule has 1 aliphatic heterocycles. The highest BCUT2D eigenvalue weighted by Crippen LogP contribution is 2.14. The first-order valence-electron chi connectivity index (χ1n) is 6.62. The second kappa shape index (κ2) is 6.38. The number of nitrogens with zero attached hydrogens (tertiary/aromatic N) is 1. The number of hydrogen-bond donors (Lipinski definition) is 1. The van der Waals surface area contributed by atoms with Crippen molar-refractivity contribution in [2.75, 3.05) is 39.8 Å². The van der Waals surface area contributed by atoms with Crippen molar-refractivity contribution < 1.29 is 14.4 Å². The fourth-order valence-electron chi connectivity index (χ4n) is 2.37. The molecule has 1 saturated heterocycles. The zero-order valence-electron chi connectivity index (χ0n) is 11.4. The molecule has 1 heterocycles. The average molecular weight is 261 g/mol. The van der Waals surface area contributed by atoms with Crippen molar-refractivity contribution in [1.29, 1.82) is 0 Å². The Bertz CT molecular complexity index is 451. The molecule has 0 spiro atoms. The molecule has 19 heavy (non-hydrogen) atoms. The number of amides is 1. The van der Waals surface area contributed by atoms with E-state index in [1.54, 1.807) is 13.2 Å². The van der Waals surface area contributed by atoms with Crippen LogP contribution in [-0.2, 0) is 0 Å². The predicted octanol–water partition coefficient (Wildman–Crippen LogP) is 0.222. The first-order chi connectivity index (χ1) is 9.24. The molecule has 4 heteroatoms. The standard InChI is InChI=1S/C15H20N2O2/c1-3-7-16-8-10-17(11-9-16)15(18)13-5-4-6-14(12-13)19-2/h3-6,12H,1,7-11H2,2H3/p+1. The minimum atomic E-state index is 0.0940. The number of carbonyl (C=O) groups is 1. The fourth-order valence-corrected chi connectivity index (χ4v) is 2.37. The van der Waals surface area contributed by atoms with Gasteiger partial charge in [-0.1, -0.05) is 12.6 Å². The SMILES string of the molecule is C=CC[NH+]1CCN(C(=O)c2cccc(OC)c2)CC1. The second-order valence-electron chi connectivity index (χ2n) is 4.77. The summed E-state index contributed by atoms with van der Waals surface area (Å²) < 4.78 is 5.16. The summed E-state index contributed by atoms with van der Waals surface area (Å²) in [4.78, 5) is 15.8. The molecule has 0 aromatic heterocycles. The van der Waals surface area contributed by atoms with E-state index in [2.05, 4.69) is 6.58 Å². The smallest absolute Gasteiger partial charge is 0.254 e. The van der Waals surface area contributed by atoms with Crippen molar-refractivity contribution >= 4 is 5.91 Å². The van der Waals surface area contributed by atoms with E-state index >= 15 is 0 Å². The number of benzene rings is 1. The fraction of sp³-hybridized carbons (Fsp3) is 0.400. The third-order valence-electron chi connectivity index (χ3n) is 3.51. The second-order valence-corrected chi connectivity index (χ2v) is 4.77. The van der Waals surface area contributed by atoms with Crippen molar-refractivity contribution in [2.24, 2.45) is 0 Å². The van der Waals surface area contributed by atoms with E-state index in [1.165, 1.54) is 4.90 Å². The summed E-state index contributed by atoms with van der Waals surface area (Å²) in [7, 11) is 1.61. The van der Waals surface area contributed by atoms with Gasteiger partial charge in [-0.05, 0) is 24.3 Å². The van der Waals surface area contributed by atoms with E-state index in [0.29, 0.717) is 5.56 Å². The molecule has 1 amide bonds. The Morgan fingerprint density at radius 3 is 2.84 bits per heavy atom. The zero-order valence-corrected chi connectivity index (χ0v) is 11.4. The van der Waals surface area contributed by atoms with Crippen LogP contribution < -0.4 is 9.64 Å². The monoisotopic (exact) mass is 261 g/mol. The molecule has 0 radical (unpaired) electrons. The molecule has 1 aromatic rings. The van der Waals surface area contributed by atoms with Gasteiger partial charge in [0.05, 0.1) is 39.8 Å². The lowest BCUT2D eigenvalue weighted by molar-refractivity contribution is -0.898. The highest BCUT2D eigenvalue weighted by molar-refractivity contribution is 5.94. The molecule has 0 atom stereocenters. The van der Waals surface area contributed by atoms with Crippen molar-refractivity contribution in [3.63, 3.8) is 0 Å². The van der Waals surface area contributed by atoms with E-state index in [-0.39, 0.29) is 5.91 Å². The minimum Gasteiger partial charge on any atom is -0.497 e. The normalized spacial score (nSPS) is 16.2. The highest BCUT2D eigenvalue weighted by atomic mass is 16.5. The van der Waals surface area contributed by atoms with Crippen LogP contribution in [0.2, 0.25) is 0 Å². The molecule has 102 valence electrons.